The molecule has 2 aliphatic rings. The molecule has 1 atom stereocenters. The fourth-order valence-electron chi connectivity index (χ4n) is 4.78. The van der Waals surface area contributed by atoms with Crippen LogP contribution in [0.5, 0.6) is 0 Å². The topological polar surface area (TPSA) is 125 Å². The van der Waals surface area contributed by atoms with E-state index in [1.807, 2.05) is 48.5 Å². The Kier molecular flexibility index (Phi) is 7.04. The molecule has 3 N–H and O–H groups in total. The molecule has 9 heteroatoms. The summed E-state index contributed by atoms with van der Waals surface area (Å²) in [6.07, 6.45) is 0.371. The lowest BCUT2D eigenvalue weighted by molar-refractivity contribution is -0.153. The van der Waals surface area contributed by atoms with Gasteiger partial charge >= 0.3 is 12.1 Å². The van der Waals surface area contributed by atoms with E-state index in [1.54, 1.807) is 6.92 Å². The molecule has 2 aromatic carbocycles. The molecule has 1 fully saturated rings. The lowest BCUT2D eigenvalue weighted by Crippen LogP contribution is -2.51. The van der Waals surface area contributed by atoms with E-state index in [9.17, 15) is 24.3 Å². The van der Waals surface area contributed by atoms with Crippen molar-refractivity contribution in [3.05, 3.63) is 59.7 Å². The zero-order chi connectivity index (χ0) is 25.0. The van der Waals surface area contributed by atoms with Crippen molar-refractivity contribution in [3.63, 3.8) is 0 Å². The van der Waals surface area contributed by atoms with Crippen LogP contribution in [-0.2, 0) is 19.1 Å². The number of nitrogens with zero attached hydrogens (tertiary/aromatic N) is 1. The van der Waals surface area contributed by atoms with Gasteiger partial charge in [-0.05, 0) is 42.0 Å². The van der Waals surface area contributed by atoms with Crippen LogP contribution in [0.2, 0.25) is 0 Å². The van der Waals surface area contributed by atoms with Crippen LogP contribution in [0.25, 0.3) is 11.1 Å². The molecule has 0 spiro atoms. The van der Waals surface area contributed by atoms with E-state index in [0.29, 0.717) is 19.4 Å². The number of nitrogens with one attached hydrogen (secondary N) is 2. The van der Waals surface area contributed by atoms with Gasteiger partial charge in [-0.2, -0.15) is 0 Å². The highest BCUT2D eigenvalue weighted by Gasteiger charge is 2.39. The minimum Gasteiger partial charge on any atom is -0.481 e. The molecule has 0 aromatic heterocycles. The van der Waals surface area contributed by atoms with Crippen LogP contribution in [0, 0.1) is 5.41 Å². The third kappa shape index (κ3) is 5.29. The number of hydrogen-bond donors (Lipinski definition) is 3. The minimum absolute atomic E-state index is 0.0828. The molecule has 9 nitrogen and oxygen atoms in total. The van der Waals surface area contributed by atoms with Crippen LogP contribution >= 0.6 is 0 Å². The van der Waals surface area contributed by atoms with Crippen molar-refractivity contribution in [3.8, 4) is 11.1 Å². The first-order chi connectivity index (χ1) is 16.8. The molecule has 0 saturated carbocycles. The molecule has 0 radical (unpaired) electrons. The Labute approximate surface area is 203 Å². The summed E-state index contributed by atoms with van der Waals surface area (Å²) in [5, 5.41) is 14.3. The van der Waals surface area contributed by atoms with Gasteiger partial charge in [-0.1, -0.05) is 48.5 Å². The lowest BCUT2D eigenvalue weighted by Gasteiger charge is -2.37. The van der Waals surface area contributed by atoms with Crippen LogP contribution in [0.3, 0.4) is 0 Å². The second-order valence-corrected chi connectivity index (χ2v) is 9.24. The third-order valence-electron chi connectivity index (χ3n) is 6.74. The number of fused-ring (bicyclic) bond motifs is 3. The number of likely N-dealkylation sites (tertiary alicyclic amines) is 1. The summed E-state index contributed by atoms with van der Waals surface area (Å²) in [6.45, 7) is 1.71. The second kappa shape index (κ2) is 10.2. The monoisotopic (exact) mass is 479 g/mol. The van der Waals surface area contributed by atoms with Crippen molar-refractivity contribution in [1.82, 2.24) is 15.5 Å². The van der Waals surface area contributed by atoms with Gasteiger partial charge in [0.15, 0.2) is 0 Å². The van der Waals surface area contributed by atoms with Crippen molar-refractivity contribution in [2.45, 2.75) is 25.7 Å². The normalized spacial score (nSPS) is 18.8. The minimum atomic E-state index is -0.983. The number of aliphatic carboxylic acids is 1. The molecule has 184 valence electrons. The van der Waals surface area contributed by atoms with Gasteiger partial charge in [-0.3, -0.25) is 14.4 Å². The SMILES string of the molecule is CC1(C(=O)O)CCCN(C(=O)CNC(=O)CNC(=O)OCC2c3ccccc3-c3ccccc32)C1. The van der Waals surface area contributed by atoms with Crippen molar-refractivity contribution in [1.29, 1.82) is 0 Å². The van der Waals surface area contributed by atoms with Crippen LogP contribution in [0.1, 0.15) is 36.8 Å². The number of hydrogen-bond acceptors (Lipinski definition) is 5. The number of carbonyl (C=O) groups is 4. The molecule has 0 bridgehead atoms. The van der Waals surface area contributed by atoms with Crippen molar-refractivity contribution in [2.75, 3.05) is 32.8 Å². The average Bonchev–Trinajstić information content (AvgIpc) is 3.18. The number of benzene rings is 2. The van der Waals surface area contributed by atoms with E-state index < -0.39 is 23.4 Å². The van der Waals surface area contributed by atoms with Gasteiger partial charge in [-0.25, -0.2) is 4.79 Å². The standard InChI is InChI=1S/C26H29N3O6/c1-26(24(32)33)11-6-12-29(16-26)23(31)14-27-22(30)13-28-25(34)35-15-21-19-9-4-2-7-17(19)18-8-3-5-10-20(18)21/h2-5,7-10,21H,6,11-16H2,1H3,(H,27,30)(H,28,34)(H,32,33). The summed E-state index contributed by atoms with van der Waals surface area (Å²) in [6, 6.07) is 16.0. The predicted octanol–water partition coefficient (Wildman–Crippen LogP) is 2.35. The molecule has 1 aliphatic heterocycles. The summed E-state index contributed by atoms with van der Waals surface area (Å²) >= 11 is 0. The maximum absolute atomic E-state index is 12.4. The van der Waals surface area contributed by atoms with Crippen molar-refractivity contribution >= 4 is 23.9 Å². The van der Waals surface area contributed by atoms with Crippen LogP contribution < -0.4 is 10.6 Å². The number of amides is 3. The van der Waals surface area contributed by atoms with Crippen LogP contribution in [-0.4, -0.2) is 66.7 Å². The number of piperidine rings is 1. The van der Waals surface area contributed by atoms with Gasteiger partial charge < -0.3 is 25.4 Å². The Hall–Kier alpha value is -3.88. The fourth-order valence-corrected chi connectivity index (χ4v) is 4.78. The Morgan fingerprint density at radius 3 is 2.26 bits per heavy atom. The Morgan fingerprint density at radius 1 is 1.00 bits per heavy atom. The largest absolute Gasteiger partial charge is 0.481 e. The number of carboxylic acid groups (broad SMARTS) is 1. The third-order valence-corrected chi connectivity index (χ3v) is 6.74. The number of rotatable bonds is 7. The Bertz CT molecular complexity index is 1100. The molecule has 1 aliphatic carbocycles. The van der Waals surface area contributed by atoms with Gasteiger partial charge in [0.25, 0.3) is 0 Å². The molecule has 2 aromatic rings. The number of alkyl carbamates (subject to hydrolysis) is 1. The summed E-state index contributed by atoms with van der Waals surface area (Å²) in [4.78, 5) is 49.6. The zero-order valence-electron chi connectivity index (χ0n) is 19.6. The Morgan fingerprint density at radius 2 is 1.63 bits per heavy atom. The first-order valence-electron chi connectivity index (χ1n) is 11.7. The Balaban J connectivity index is 1.22. The zero-order valence-corrected chi connectivity index (χ0v) is 19.6. The van der Waals surface area contributed by atoms with Crippen LogP contribution in [0.15, 0.2) is 48.5 Å². The van der Waals surface area contributed by atoms with Gasteiger partial charge in [-0.15, -0.1) is 0 Å². The average molecular weight is 480 g/mol. The van der Waals surface area contributed by atoms with Crippen molar-refractivity contribution < 1.29 is 29.0 Å². The molecule has 35 heavy (non-hydrogen) atoms. The molecule has 1 unspecified atom stereocenters. The second-order valence-electron chi connectivity index (χ2n) is 9.24. The highest BCUT2D eigenvalue weighted by atomic mass is 16.5. The first-order valence-corrected chi connectivity index (χ1v) is 11.7. The highest BCUT2D eigenvalue weighted by molar-refractivity contribution is 5.87. The van der Waals surface area contributed by atoms with Crippen LogP contribution in [0.4, 0.5) is 4.79 Å². The van der Waals surface area contributed by atoms with Gasteiger partial charge in [0.05, 0.1) is 12.0 Å². The number of carboxylic acids is 1. The van der Waals surface area contributed by atoms with E-state index in [2.05, 4.69) is 10.6 Å². The number of carbonyl (C=O) groups excluding carboxylic acids is 3. The molecule has 3 amide bonds. The molecule has 4 rings (SSSR count). The smallest absolute Gasteiger partial charge is 0.407 e. The molecular weight excluding hydrogens is 450 g/mol. The quantitative estimate of drug-likeness (QED) is 0.560. The molecule has 1 saturated heterocycles. The van der Waals surface area contributed by atoms with E-state index in [0.717, 1.165) is 22.3 Å². The first kappa shape index (κ1) is 24.3. The molecular formula is C26H29N3O6. The van der Waals surface area contributed by atoms with E-state index >= 15 is 0 Å². The summed E-state index contributed by atoms with van der Waals surface area (Å²) < 4.78 is 5.40. The van der Waals surface area contributed by atoms with E-state index in [-0.39, 0.29) is 38.1 Å². The van der Waals surface area contributed by atoms with E-state index in [4.69, 9.17) is 4.74 Å². The maximum atomic E-state index is 12.4. The highest BCUT2D eigenvalue weighted by Crippen LogP contribution is 2.44. The van der Waals surface area contributed by atoms with Gasteiger partial charge in [0.1, 0.15) is 13.2 Å². The maximum Gasteiger partial charge on any atom is 0.407 e. The summed E-state index contributed by atoms with van der Waals surface area (Å²) in [5.74, 6) is -1.91. The molecule has 1 heterocycles. The fraction of sp³-hybridized carbons (Fsp3) is 0.385. The van der Waals surface area contributed by atoms with Crippen molar-refractivity contribution in [2.24, 2.45) is 5.41 Å². The number of ether oxygens (including phenoxy) is 1. The van der Waals surface area contributed by atoms with Gasteiger partial charge in [0, 0.05) is 19.0 Å². The lowest BCUT2D eigenvalue weighted by atomic mass is 9.82. The summed E-state index contributed by atoms with van der Waals surface area (Å²) in [5.41, 5.74) is 3.45. The predicted molar refractivity (Wildman–Crippen MR) is 128 cm³/mol. The van der Waals surface area contributed by atoms with Gasteiger partial charge in [0.2, 0.25) is 11.8 Å². The van der Waals surface area contributed by atoms with E-state index in [1.165, 1.54) is 4.90 Å². The summed E-state index contributed by atoms with van der Waals surface area (Å²) in [7, 11) is 0.